The zero-order chi connectivity index (χ0) is 20.9. The highest BCUT2D eigenvalue weighted by atomic mass is 32.1. The highest BCUT2D eigenvalue weighted by Crippen LogP contribution is 2.35. The first-order valence-corrected chi connectivity index (χ1v) is 10.2. The van der Waals surface area contributed by atoms with Gasteiger partial charge in [-0.15, -0.1) is 11.3 Å². The van der Waals surface area contributed by atoms with Crippen molar-refractivity contribution < 1.29 is 27.8 Å². The topological polar surface area (TPSA) is 48.0 Å². The van der Waals surface area contributed by atoms with Crippen LogP contribution in [0.1, 0.15) is 10.4 Å². The molecule has 3 aromatic rings. The number of thiophene rings is 1. The summed E-state index contributed by atoms with van der Waals surface area (Å²) in [5.74, 6) is 1.20. The molecule has 0 saturated carbocycles. The number of hydrogen-bond donors (Lipinski definition) is 0. The van der Waals surface area contributed by atoms with E-state index in [9.17, 15) is 13.6 Å². The lowest BCUT2D eigenvalue weighted by atomic mass is 10.1. The summed E-state index contributed by atoms with van der Waals surface area (Å²) in [5.41, 5.74) is 1.41. The highest BCUT2D eigenvalue weighted by Gasteiger charge is 2.21. The predicted octanol–water partition coefficient (Wildman–Crippen LogP) is 4.90. The van der Waals surface area contributed by atoms with Crippen LogP contribution in [0.5, 0.6) is 17.2 Å². The minimum Gasteiger partial charge on any atom is -0.486 e. The van der Waals surface area contributed by atoms with Crippen LogP contribution < -0.4 is 19.1 Å². The average molecular weight is 431 g/mol. The minimum absolute atomic E-state index is 0.0588. The van der Waals surface area contributed by atoms with Crippen LogP contribution in [0, 0.1) is 0 Å². The third-order valence-electron chi connectivity index (χ3n) is 4.54. The van der Waals surface area contributed by atoms with E-state index in [1.807, 2.05) is 23.6 Å². The number of amides is 1. The van der Waals surface area contributed by atoms with Crippen molar-refractivity contribution >= 4 is 22.9 Å². The number of anilines is 1. The molecule has 2 aromatic carbocycles. The van der Waals surface area contributed by atoms with Crippen molar-refractivity contribution in [2.24, 2.45) is 0 Å². The molecule has 0 fully saturated rings. The van der Waals surface area contributed by atoms with Gasteiger partial charge in [-0.2, -0.15) is 8.78 Å². The third-order valence-corrected chi connectivity index (χ3v) is 5.40. The molecular formula is C22H19F2NO4S. The van der Waals surface area contributed by atoms with Gasteiger partial charge in [0.2, 0.25) is 5.91 Å². The number of fused-ring (bicyclic) bond motifs is 1. The van der Waals surface area contributed by atoms with Crippen LogP contribution in [0.3, 0.4) is 0 Å². The zero-order valence-electron chi connectivity index (χ0n) is 15.9. The molecule has 0 radical (unpaired) electrons. The van der Waals surface area contributed by atoms with Gasteiger partial charge in [0, 0.05) is 16.6 Å². The van der Waals surface area contributed by atoms with Crippen molar-refractivity contribution in [3.8, 4) is 17.2 Å². The molecule has 1 aliphatic heterocycles. The van der Waals surface area contributed by atoms with Crippen LogP contribution >= 0.6 is 11.3 Å². The molecule has 0 unspecified atom stereocenters. The van der Waals surface area contributed by atoms with Crippen molar-refractivity contribution in [3.05, 3.63) is 70.4 Å². The molecule has 30 heavy (non-hydrogen) atoms. The van der Waals surface area contributed by atoms with Crippen LogP contribution in [0.25, 0.3) is 0 Å². The maximum Gasteiger partial charge on any atom is 0.387 e. The van der Waals surface area contributed by atoms with Gasteiger partial charge in [-0.3, -0.25) is 4.79 Å². The molecule has 1 amide bonds. The van der Waals surface area contributed by atoms with Gasteiger partial charge in [0.05, 0.1) is 13.0 Å². The van der Waals surface area contributed by atoms with Crippen LogP contribution in [0.4, 0.5) is 14.5 Å². The molecule has 156 valence electrons. The van der Waals surface area contributed by atoms with Crippen LogP contribution in [-0.2, 0) is 17.8 Å². The first-order valence-electron chi connectivity index (χ1n) is 9.34. The number of carbonyl (C=O) groups is 1. The number of ether oxygens (including phenoxy) is 3. The molecule has 0 bridgehead atoms. The Labute approximate surface area is 176 Å². The Morgan fingerprint density at radius 1 is 1.07 bits per heavy atom. The molecule has 2 heterocycles. The molecule has 0 N–H and O–H groups in total. The van der Waals surface area contributed by atoms with Gasteiger partial charge >= 0.3 is 6.61 Å². The van der Waals surface area contributed by atoms with Gasteiger partial charge in [0.1, 0.15) is 19.0 Å². The van der Waals surface area contributed by atoms with E-state index in [1.54, 1.807) is 40.5 Å². The Morgan fingerprint density at radius 3 is 2.53 bits per heavy atom. The number of hydrogen-bond acceptors (Lipinski definition) is 5. The number of alkyl halides is 2. The summed E-state index contributed by atoms with van der Waals surface area (Å²) in [6, 6.07) is 15.4. The molecule has 0 aliphatic carbocycles. The molecular weight excluding hydrogens is 412 g/mol. The van der Waals surface area contributed by atoms with Gasteiger partial charge in [-0.25, -0.2) is 0 Å². The number of nitrogens with zero attached hydrogens (tertiary/aromatic N) is 1. The Bertz CT molecular complexity index is 993. The molecule has 0 atom stereocenters. The number of benzene rings is 2. The Hall–Kier alpha value is -3.13. The van der Waals surface area contributed by atoms with E-state index < -0.39 is 6.61 Å². The zero-order valence-corrected chi connectivity index (χ0v) is 16.7. The van der Waals surface area contributed by atoms with Gasteiger partial charge in [0.15, 0.2) is 11.5 Å². The molecule has 1 aromatic heterocycles. The van der Waals surface area contributed by atoms with E-state index in [0.29, 0.717) is 42.5 Å². The molecule has 8 heteroatoms. The standard InChI is InChI=1S/C22H19F2NO4S/c23-22(24)29-17-6-3-15(4-7-17)12-21(26)25(14-18-2-1-11-30-18)16-5-8-19-20(13-16)28-10-9-27-19/h1-8,11,13,22H,9-10,12,14H2. The SMILES string of the molecule is O=C(Cc1ccc(OC(F)F)cc1)N(Cc1cccs1)c1ccc2c(c1)OCCO2. The summed E-state index contributed by atoms with van der Waals surface area (Å²) in [6.07, 6.45) is 0.120. The second-order valence-corrected chi connectivity index (χ2v) is 7.62. The van der Waals surface area contributed by atoms with Crippen molar-refractivity contribution in [2.45, 2.75) is 19.6 Å². The Balaban J connectivity index is 1.55. The normalized spacial score (nSPS) is 12.6. The molecule has 0 saturated heterocycles. The smallest absolute Gasteiger partial charge is 0.387 e. The second kappa shape index (κ2) is 9.13. The van der Waals surface area contributed by atoms with Crippen LogP contribution in [-0.4, -0.2) is 25.7 Å². The monoisotopic (exact) mass is 431 g/mol. The molecule has 5 nitrogen and oxygen atoms in total. The predicted molar refractivity (Wildman–Crippen MR) is 110 cm³/mol. The van der Waals surface area contributed by atoms with Crippen molar-refractivity contribution in [2.75, 3.05) is 18.1 Å². The van der Waals surface area contributed by atoms with Crippen LogP contribution in [0.2, 0.25) is 0 Å². The number of carbonyl (C=O) groups excluding carboxylic acids is 1. The lowest BCUT2D eigenvalue weighted by Crippen LogP contribution is -2.31. The lowest BCUT2D eigenvalue weighted by molar-refractivity contribution is -0.118. The molecule has 4 rings (SSSR count). The first kappa shape index (κ1) is 20.2. The van der Waals surface area contributed by atoms with Gasteiger partial charge in [-0.1, -0.05) is 18.2 Å². The largest absolute Gasteiger partial charge is 0.486 e. The molecule has 0 spiro atoms. The van der Waals surface area contributed by atoms with E-state index >= 15 is 0 Å². The fourth-order valence-corrected chi connectivity index (χ4v) is 3.83. The third kappa shape index (κ3) is 4.88. The van der Waals surface area contributed by atoms with Crippen LogP contribution in [0.15, 0.2) is 60.0 Å². The fourth-order valence-electron chi connectivity index (χ4n) is 3.14. The Morgan fingerprint density at radius 2 is 1.83 bits per heavy atom. The summed E-state index contributed by atoms with van der Waals surface area (Å²) >= 11 is 1.57. The minimum atomic E-state index is -2.88. The van der Waals surface area contributed by atoms with E-state index in [4.69, 9.17) is 9.47 Å². The van der Waals surface area contributed by atoms with Gasteiger partial charge < -0.3 is 19.1 Å². The first-order chi connectivity index (χ1) is 14.6. The average Bonchev–Trinajstić information content (AvgIpc) is 3.26. The van der Waals surface area contributed by atoms with E-state index in [-0.39, 0.29) is 18.1 Å². The second-order valence-electron chi connectivity index (χ2n) is 6.59. The quantitative estimate of drug-likeness (QED) is 0.534. The van der Waals surface area contributed by atoms with Crippen molar-refractivity contribution in [1.82, 2.24) is 0 Å². The maximum atomic E-state index is 13.2. The summed E-state index contributed by atoms with van der Waals surface area (Å²) in [7, 11) is 0. The summed E-state index contributed by atoms with van der Waals surface area (Å²) in [4.78, 5) is 15.9. The van der Waals surface area contributed by atoms with Gasteiger partial charge in [0.25, 0.3) is 0 Å². The fraction of sp³-hybridized carbons (Fsp3) is 0.227. The number of rotatable bonds is 7. The lowest BCUT2D eigenvalue weighted by Gasteiger charge is -2.25. The van der Waals surface area contributed by atoms with E-state index in [0.717, 1.165) is 4.88 Å². The van der Waals surface area contributed by atoms with Gasteiger partial charge in [-0.05, 0) is 41.3 Å². The van der Waals surface area contributed by atoms with E-state index in [2.05, 4.69) is 4.74 Å². The summed E-state index contributed by atoms with van der Waals surface area (Å²) in [6.45, 7) is -1.51. The highest BCUT2D eigenvalue weighted by molar-refractivity contribution is 7.09. The molecule has 1 aliphatic rings. The van der Waals surface area contributed by atoms with E-state index in [1.165, 1.54) is 12.1 Å². The van der Waals surface area contributed by atoms with Crippen molar-refractivity contribution in [3.63, 3.8) is 0 Å². The summed E-state index contributed by atoms with van der Waals surface area (Å²) in [5, 5.41) is 1.96. The Kier molecular flexibility index (Phi) is 6.13. The van der Waals surface area contributed by atoms with Crippen molar-refractivity contribution in [1.29, 1.82) is 0 Å². The summed E-state index contributed by atoms with van der Waals surface area (Å²) < 4.78 is 40.2. The number of halogens is 2. The maximum absolute atomic E-state index is 13.2.